The number of nitro groups is 3. The highest BCUT2D eigenvalue weighted by molar-refractivity contribution is 6.35. The number of aliphatic imine (C=N–C) groups is 1. The minimum Gasteiger partial charge on any atom is -0.258 e. The van der Waals surface area contributed by atoms with Crippen molar-refractivity contribution in [1.29, 1.82) is 0 Å². The summed E-state index contributed by atoms with van der Waals surface area (Å²) in [4.78, 5) is 36.6. The molecule has 4 rings (SSSR count). The van der Waals surface area contributed by atoms with E-state index in [9.17, 15) is 30.3 Å². The van der Waals surface area contributed by atoms with Gasteiger partial charge >= 0.3 is 0 Å². The van der Waals surface area contributed by atoms with Crippen LogP contribution in [-0.2, 0) is 0 Å². The summed E-state index contributed by atoms with van der Waals surface area (Å²) in [5.41, 5.74) is -0.353. The number of nitrogens with zero attached hydrogens (tertiary/aromatic N) is 4. The monoisotopic (exact) mass is 458 g/mol. The maximum atomic E-state index is 11.7. The molecule has 3 aromatic carbocycles. The van der Waals surface area contributed by atoms with Crippen LogP contribution in [0.1, 0.15) is 11.1 Å². The summed E-state index contributed by atoms with van der Waals surface area (Å²) in [5, 5.41) is 34.9. The second kappa shape index (κ2) is 7.42. The number of rotatable bonds is 4. The molecule has 154 valence electrons. The Bertz CT molecular complexity index is 1360. The smallest absolute Gasteiger partial charge is 0.258 e. The summed E-state index contributed by atoms with van der Waals surface area (Å²) in [6, 6.07) is 10.2. The second-order valence-electron chi connectivity index (χ2n) is 6.44. The third-order valence-corrected chi connectivity index (χ3v) is 5.20. The minimum atomic E-state index is -0.761. The molecule has 31 heavy (non-hydrogen) atoms. The van der Waals surface area contributed by atoms with E-state index in [0.717, 1.165) is 12.1 Å². The second-order valence-corrected chi connectivity index (χ2v) is 7.29. The number of non-ortho nitro benzene ring substituents is 2. The van der Waals surface area contributed by atoms with Gasteiger partial charge in [0.1, 0.15) is 0 Å². The zero-order valence-corrected chi connectivity index (χ0v) is 16.6. The van der Waals surface area contributed by atoms with Crippen molar-refractivity contribution >= 4 is 51.7 Å². The van der Waals surface area contributed by atoms with Gasteiger partial charge in [-0.1, -0.05) is 23.2 Å². The van der Waals surface area contributed by atoms with Gasteiger partial charge in [-0.2, -0.15) is 0 Å². The van der Waals surface area contributed by atoms with Crippen LogP contribution in [0.4, 0.5) is 22.7 Å². The third-order valence-electron chi connectivity index (χ3n) is 4.64. The van der Waals surface area contributed by atoms with E-state index in [4.69, 9.17) is 23.2 Å². The maximum Gasteiger partial charge on any atom is 0.284 e. The Labute approximate surface area is 182 Å². The lowest BCUT2D eigenvalue weighted by molar-refractivity contribution is -0.393. The fourth-order valence-corrected chi connectivity index (χ4v) is 3.67. The Morgan fingerprint density at radius 1 is 0.710 bits per heavy atom. The Kier molecular flexibility index (Phi) is 4.88. The largest absolute Gasteiger partial charge is 0.284 e. The summed E-state index contributed by atoms with van der Waals surface area (Å²) >= 11 is 12.2. The van der Waals surface area contributed by atoms with Gasteiger partial charge in [0.25, 0.3) is 17.1 Å². The summed E-state index contributed by atoms with van der Waals surface area (Å²) in [7, 11) is 0. The lowest BCUT2D eigenvalue weighted by atomic mass is 10.0. The number of benzene rings is 3. The van der Waals surface area contributed by atoms with Crippen LogP contribution in [0.5, 0.6) is 0 Å². The Morgan fingerprint density at radius 2 is 1.39 bits per heavy atom. The topological polar surface area (TPSA) is 142 Å². The van der Waals surface area contributed by atoms with E-state index in [0.29, 0.717) is 10.6 Å². The molecule has 0 unspecified atom stereocenters. The van der Waals surface area contributed by atoms with Crippen LogP contribution < -0.4 is 0 Å². The van der Waals surface area contributed by atoms with Crippen molar-refractivity contribution in [2.24, 2.45) is 4.99 Å². The Morgan fingerprint density at radius 3 is 2.03 bits per heavy atom. The van der Waals surface area contributed by atoms with Gasteiger partial charge in [0.05, 0.1) is 42.8 Å². The Hall–Kier alpha value is -3.89. The van der Waals surface area contributed by atoms with Gasteiger partial charge in [-0.3, -0.25) is 30.3 Å². The van der Waals surface area contributed by atoms with Crippen LogP contribution in [0.2, 0.25) is 10.0 Å². The number of fused-ring (bicyclic) bond motifs is 3. The highest BCUT2D eigenvalue weighted by Crippen LogP contribution is 2.46. The molecule has 0 atom stereocenters. The van der Waals surface area contributed by atoms with E-state index >= 15 is 0 Å². The van der Waals surface area contributed by atoms with Gasteiger partial charge in [0, 0.05) is 34.3 Å². The van der Waals surface area contributed by atoms with Crippen molar-refractivity contribution in [3.63, 3.8) is 0 Å². The molecule has 0 N–H and O–H groups in total. The van der Waals surface area contributed by atoms with E-state index in [-0.39, 0.29) is 38.8 Å². The third kappa shape index (κ3) is 3.47. The van der Waals surface area contributed by atoms with Crippen molar-refractivity contribution in [3.8, 4) is 11.1 Å². The zero-order valence-electron chi connectivity index (χ0n) is 15.1. The summed E-state index contributed by atoms with van der Waals surface area (Å²) in [6.45, 7) is 0. The molecule has 0 bridgehead atoms. The molecular formula is C19H8Cl2N4O6. The molecule has 1 aliphatic carbocycles. The summed E-state index contributed by atoms with van der Waals surface area (Å²) < 4.78 is 0. The predicted molar refractivity (Wildman–Crippen MR) is 114 cm³/mol. The minimum absolute atomic E-state index is 0.0738. The molecule has 0 heterocycles. The van der Waals surface area contributed by atoms with Gasteiger partial charge in [0.2, 0.25) is 0 Å². The molecule has 1 aliphatic rings. The van der Waals surface area contributed by atoms with Gasteiger partial charge in [0.15, 0.2) is 0 Å². The average Bonchev–Trinajstić information content (AvgIpc) is 3.02. The van der Waals surface area contributed by atoms with Crippen LogP contribution in [0.15, 0.2) is 53.5 Å². The molecule has 0 spiro atoms. The van der Waals surface area contributed by atoms with Crippen LogP contribution in [0.25, 0.3) is 11.1 Å². The lowest BCUT2D eigenvalue weighted by Crippen LogP contribution is -2.01. The van der Waals surface area contributed by atoms with Crippen LogP contribution in [0, 0.1) is 30.3 Å². The summed E-state index contributed by atoms with van der Waals surface area (Å²) in [5.74, 6) is 0. The van der Waals surface area contributed by atoms with Gasteiger partial charge < -0.3 is 0 Å². The van der Waals surface area contributed by atoms with Crippen LogP contribution in [0.3, 0.4) is 0 Å². The van der Waals surface area contributed by atoms with Crippen molar-refractivity contribution in [1.82, 2.24) is 0 Å². The maximum absolute atomic E-state index is 11.7. The zero-order chi connectivity index (χ0) is 22.4. The normalized spacial score (nSPS) is 13.0. The first-order valence-electron chi connectivity index (χ1n) is 8.47. The molecule has 0 fully saturated rings. The fourth-order valence-electron chi connectivity index (χ4n) is 3.35. The first-order chi connectivity index (χ1) is 14.7. The van der Waals surface area contributed by atoms with Crippen molar-refractivity contribution in [3.05, 3.63) is 100 Å². The van der Waals surface area contributed by atoms with Crippen molar-refractivity contribution in [2.75, 3.05) is 0 Å². The molecule has 0 aromatic heterocycles. The first-order valence-corrected chi connectivity index (χ1v) is 9.23. The molecule has 0 saturated carbocycles. The number of nitro benzene ring substituents is 3. The number of hydrogen-bond donors (Lipinski definition) is 0. The molecule has 0 aliphatic heterocycles. The van der Waals surface area contributed by atoms with E-state index in [1.807, 2.05) is 0 Å². The molecule has 0 amide bonds. The van der Waals surface area contributed by atoms with Gasteiger partial charge in [-0.25, -0.2) is 4.99 Å². The van der Waals surface area contributed by atoms with E-state index in [1.54, 1.807) is 0 Å². The van der Waals surface area contributed by atoms with Gasteiger partial charge in [-0.15, -0.1) is 0 Å². The highest BCUT2D eigenvalue weighted by Gasteiger charge is 2.36. The SMILES string of the molecule is O=[N+]([O-])c1ccc2c(c1)/C(=N\c1cc(Cl)ccc1Cl)c1cc([N+](=O)[O-])cc([N+](=O)[O-])c1-2. The lowest BCUT2D eigenvalue weighted by Gasteiger charge is -2.05. The molecule has 12 heteroatoms. The quantitative estimate of drug-likeness (QED) is 0.276. The van der Waals surface area contributed by atoms with Crippen LogP contribution >= 0.6 is 23.2 Å². The van der Waals surface area contributed by atoms with E-state index in [1.165, 1.54) is 36.4 Å². The van der Waals surface area contributed by atoms with Crippen molar-refractivity contribution in [2.45, 2.75) is 0 Å². The molecule has 3 aromatic rings. The first kappa shape index (κ1) is 20.4. The van der Waals surface area contributed by atoms with Crippen LogP contribution in [-0.4, -0.2) is 20.5 Å². The van der Waals surface area contributed by atoms with Gasteiger partial charge in [-0.05, 0) is 29.8 Å². The standard InChI is InChI=1S/C19H8Cl2N4O6/c20-9-1-4-15(21)16(5-9)22-19-13-6-10(23(26)27)2-3-12(13)18-14(19)7-11(24(28)29)8-17(18)25(30)31/h1-8H/b22-19+. The number of hydrogen-bond acceptors (Lipinski definition) is 7. The number of halogens is 2. The predicted octanol–water partition coefficient (Wildman–Crippen LogP) is 5.87. The Balaban J connectivity index is 2.11. The molecule has 10 nitrogen and oxygen atoms in total. The highest BCUT2D eigenvalue weighted by atomic mass is 35.5. The fraction of sp³-hybridized carbons (Fsp3) is 0. The molecule has 0 radical (unpaired) electrons. The molecule has 0 saturated heterocycles. The summed E-state index contributed by atoms with van der Waals surface area (Å²) in [6.07, 6.45) is 0. The van der Waals surface area contributed by atoms with E-state index < -0.39 is 26.1 Å². The van der Waals surface area contributed by atoms with E-state index in [2.05, 4.69) is 4.99 Å². The van der Waals surface area contributed by atoms with Crippen molar-refractivity contribution < 1.29 is 14.8 Å². The molecular weight excluding hydrogens is 451 g/mol. The average molecular weight is 459 g/mol.